The first-order valence-electron chi connectivity index (χ1n) is 5.22. The van der Waals surface area contributed by atoms with Crippen LogP contribution in [0.4, 0.5) is 0 Å². The van der Waals surface area contributed by atoms with Crippen LogP contribution in [0.3, 0.4) is 0 Å². The van der Waals surface area contributed by atoms with Crippen molar-refractivity contribution >= 4 is 39.1 Å². The molecule has 0 aliphatic heterocycles. The molecule has 1 heterocycles. The number of halogens is 3. The number of hydrogen-bond acceptors (Lipinski definition) is 3. The Morgan fingerprint density at radius 3 is 2.79 bits per heavy atom. The summed E-state index contributed by atoms with van der Waals surface area (Å²) in [6, 6.07) is 8.72. The summed E-state index contributed by atoms with van der Waals surface area (Å²) < 4.78 is 6.29. The van der Waals surface area contributed by atoms with Gasteiger partial charge in [-0.15, -0.1) is 0 Å². The molecule has 0 aliphatic rings. The number of nitriles is 1. The standard InChI is InChI=1S/C13H7BrCl2N2O/c14-10-4-12(16)13(5-11(10)15)19-7-8-1-2-18-9(3-8)6-17/h1-5H,7H2. The van der Waals surface area contributed by atoms with Crippen molar-refractivity contribution in [3.8, 4) is 11.8 Å². The second kappa shape index (κ2) is 6.25. The summed E-state index contributed by atoms with van der Waals surface area (Å²) in [5.74, 6) is 0.491. The Morgan fingerprint density at radius 1 is 1.26 bits per heavy atom. The van der Waals surface area contributed by atoms with E-state index in [1.807, 2.05) is 6.07 Å². The Labute approximate surface area is 128 Å². The fourth-order valence-electron chi connectivity index (χ4n) is 1.40. The molecule has 96 valence electrons. The third-order valence-corrected chi connectivity index (χ3v) is 3.80. The van der Waals surface area contributed by atoms with Gasteiger partial charge >= 0.3 is 0 Å². The van der Waals surface area contributed by atoms with Crippen LogP contribution in [0, 0.1) is 11.3 Å². The highest BCUT2D eigenvalue weighted by atomic mass is 79.9. The van der Waals surface area contributed by atoms with Gasteiger partial charge in [0.05, 0.1) is 10.0 Å². The highest BCUT2D eigenvalue weighted by Crippen LogP contribution is 2.34. The monoisotopic (exact) mass is 356 g/mol. The lowest BCUT2D eigenvalue weighted by molar-refractivity contribution is 0.306. The van der Waals surface area contributed by atoms with Crippen LogP contribution in [0.25, 0.3) is 0 Å². The fraction of sp³-hybridized carbons (Fsp3) is 0.0769. The fourth-order valence-corrected chi connectivity index (χ4v) is 2.25. The summed E-state index contributed by atoms with van der Waals surface area (Å²) >= 11 is 15.3. The minimum atomic E-state index is 0.287. The van der Waals surface area contributed by atoms with Gasteiger partial charge in [-0.25, -0.2) is 4.98 Å². The Hall–Kier alpha value is -1.28. The topological polar surface area (TPSA) is 45.9 Å². The summed E-state index contributed by atoms with van der Waals surface area (Å²) in [4.78, 5) is 3.89. The number of ether oxygens (including phenoxy) is 1. The van der Waals surface area contributed by atoms with E-state index in [1.54, 1.807) is 30.5 Å². The molecule has 0 radical (unpaired) electrons. The summed E-state index contributed by atoms with van der Waals surface area (Å²) in [6.07, 6.45) is 1.56. The molecule has 0 spiro atoms. The summed E-state index contributed by atoms with van der Waals surface area (Å²) in [5.41, 5.74) is 1.18. The van der Waals surface area contributed by atoms with E-state index >= 15 is 0 Å². The molecule has 0 saturated carbocycles. The average Bonchev–Trinajstić information content (AvgIpc) is 2.41. The minimum absolute atomic E-state index is 0.287. The van der Waals surface area contributed by atoms with Crippen LogP contribution in [0.15, 0.2) is 34.9 Å². The third kappa shape index (κ3) is 3.60. The van der Waals surface area contributed by atoms with Gasteiger partial charge in [0, 0.05) is 16.7 Å². The lowest BCUT2D eigenvalue weighted by atomic mass is 10.2. The number of nitrogens with zero attached hydrogens (tertiary/aromatic N) is 2. The van der Waals surface area contributed by atoms with Crippen LogP contribution in [-0.2, 0) is 6.61 Å². The molecule has 2 aromatic rings. The van der Waals surface area contributed by atoms with E-state index in [-0.39, 0.29) is 6.61 Å². The smallest absolute Gasteiger partial charge is 0.140 e. The molecule has 0 N–H and O–H groups in total. The number of aromatic nitrogens is 1. The van der Waals surface area contributed by atoms with E-state index in [1.165, 1.54) is 0 Å². The van der Waals surface area contributed by atoms with Gasteiger partial charge in [-0.3, -0.25) is 0 Å². The zero-order chi connectivity index (χ0) is 13.8. The first-order chi connectivity index (χ1) is 9.10. The number of benzene rings is 1. The second-order valence-electron chi connectivity index (χ2n) is 3.65. The molecule has 0 fully saturated rings. The zero-order valence-corrected chi connectivity index (χ0v) is 12.6. The number of pyridine rings is 1. The van der Waals surface area contributed by atoms with Crippen LogP contribution in [0.1, 0.15) is 11.3 Å². The molecule has 1 aromatic heterocycles. The first-order valence-corrected chi connectivity index (χ1v) is 6.77. The van der Waals surface area contributed by atoms with E-state index < -0.39 is 0 Å². The van der Waals surface area contributed by atoms with Crippen LogP contribution >= 0.6 is 39.1 Å². The van der Waals surface area contributed by atoms with Crippen LogP contribution in [0.2, 0.25) is 10.0 Å². The van der Waals surface area contributed by atoms with Crippen molar-refractivity contribution in [2.45, 2.75) is 6.61 Å². The van der Waals surface area contributed by atoms with Gasteiger partial charge in [0.2, 0.25) is 0 Å². The van der Waals surface area contributed by atoms with Crippen molar-refractivity contribution in [2.75, 3.05) is 0 Å². The van der Waals surface area contributed by atoms with Gasteiger partial charge in [0.25, 0.3) is 0 Å². The van der Waals surface area contributed by atoms with E-state index in [0.29, 0.717) is 26.0 Å². The summed E-state index contributed by atoms with van der Waals surface area (Å²) in [7, 11) is 0. The predicted octanol–water partition coefficient (Wildman–Crippen LogP) is 4.60. The molecule has 1 aromatic carbocycles. The van der Waals surface area contributed by atoms with Gasteiger partial charge in [-0.05, 0) is 39.7 Å². The quantitative estimate of drug-likeness (QED) is 0.754. The predicted molar refractivity (Wildman–Crippen MR) is 77.4 cm³/mol. The van der Waals surface area contributed by atoms with Gasteiger partial charge in [-0.2, -0.15) is 5.26 Å². The lowest BCUT2D eigenvalue weighted by Gasteiger charge is -2.09. The molecule has 3 nitrogen and oxygen atoms in total. The summed E-state index contributed by atoms with van der Waals surface area (Å²) in [5, 5.41) is 9.75. The van der Waals surface area contributed by atoms with Crippen LogP contribution in [-0.4, -0.2) is 4.98 Å². The average molecular weight is 358 g/mol. The molecule has 0 unspecified atom stereocenters. The Kier molecular flexibility index (Phi) is 4.65. The van der Waals surface area contributed by atoms with Gasteiger partial charge in [0.15, 0.2) is 0 Å². The van der Waals surface area contributed by atoms with Gasteiger partial charge in [-0.1, -0.05) is 23.2 Å². The van der Waals surface area contributed by atoms with Crippen molar-refractivity contribution in [1.82, 2.24) is 4.98 Å². The molecule has 0 amide bonds. The van der Waals surface area contributed by atoms with E-state index in [0.717, 1.165) is 5.56 Å². The van der Waals surface area contributed by atoms with Crippen molar-refractivity contribution in [2.24, 2.45) is 0 Å². The molecular weight excluding hydrogens is 351 g/mol. The SMILES string of the molecule is N#Cc1cc(COc2cc(Cl)c(Br)cc2Cl)ccn1. The molecule has 6 heteroatoms. The molecule has 0 aliphatic carbocycles. The lowest BCUT2D eigenvalue weighted by Crippen LogP contribution is -1.97. The molecule has 0 saturated heterocycles. The first kappa shape index (κ1) is 14.1. The Balaban J connectivity index is 2.14. The van der Waals surface area contributed by atoms with Gasteiger partial charge in [0.1, 0.15) is 24.1 Å². The van der Waals surface area contributed by atoms with Crippen molar-refractivity contribution in [3.63, 3.8) is 0 Å². The maximum Gasteiger partial charge on any atom is 0.140 e. The zero-order valence-electron chi connectivity index (χ0n) is 9.53. The number of rotatable bonds is 3. The van der Waals surface area contributed by atoms with Crippen LogP contribution in [0.5, 0.6) is 5.75 Å². The van der Waals surface area contributed by atoms with E-state index in [2.05, 4.69) is 20.9 Å². The molecule has 0 bridgehead atoms. The normalized spacial score (nSPS) is 10.0. The summed E-state index contributed by atoms with van der Waals surface area (Å²) in [6.45, 7) is 0.287. The van der Waals surface area contributed by atoms with Crippen molar-refractivity contribution < 1.29 is 4.74 Å². The third-order valence-electron chi connectivity index (χ3n) is 2.31. The van der Waals surface area contributed by atoms with Gasteiger partial charge < -0.3 is 4.74 Å². The highest BCUT2D eigenvalue weighted by molar-refractivity contribution is 9.10. The molecule has 2 rings (SSSR count). The van der Waals surface area contributed by atoms with Crippen molar-refractivity contribution in [1.29, 1.82) is 5.26 Å². The van der Waals surface area contributed by atoms with E-state index in [4.69, 9.17) is 33.2 Å². The maximum atomic E-state index is 8.76. The largest absolute Gasteiger partial charge is 0.487 e. The molecular formula is C13H7BrCl2N2O. The number of hydrogen-bond donors (Lipinski definition) is 0. The second-order valence-corrected chi connectivity index (χ2v) is 5.32. The minimum Gasteiger partial charge on any atom is -0.487 e. The van der Waals surface area contributed by atoms with E-state index in [9.17, 15) is 0 Å². The Morgan fingerprint density at radius 2 is 2.05 bits per heavy atom. The van der Waals surface area contributed by atoms with Crippen molar-refractivity contribution in [3.05, 3.63) is 56.2 Å². The molecule has 0 atom stereocenters. The van der Waals surface area contributed by atoms with Crippen LogP contribution < -0.4 is 4.74 Å². The maximum absolute atomic E-state index is 8.76. The highest BCUT2D eigenvalue weighted by Gasteiger charge is 2.07. The Bertz CT molecular complexity index is 656. The molecule has 19 heavy (non-hydrogen) atoms.